The van der Waals surface area contributed by atoms with Gasteiger partial charge in [0.15, 0.2) is 0 Å². The van der Waals surface area contributed by atoms with Crippen molar-refractivity contribution < 1.29 is 4.39 Å². The first kappa shape index (κ1) is 9.80. The lowest BCUT2D eigenvalue weighted by Crippen LogP contribution is -1.88. The maximum atomic E-state index is 13.7. The smallest absolute Gasteiger partial charge is 0.132 e. The van der Waals surface area contributed by atoms with Crippen LogP contribution in [-0.2, 0) is 0 Å². The van der Waals surface area contributed by atoms with E-state index in [0.29, 0.717) is 11.3 Å². The van der Waals surface area contributed by atoms with E-state index < -0.39 is 0 Å². The van der Waals surface area contributed by atoms with E-state index in [-0.39, 0.29) is 5.82 Å². The molecule has 0 atom stereocenters. The van der Waals surface area contributed by atoms with Gasteiger partial charge in [-0.3, -0.25) is 4.98 Å². The second-order valence-electron chi connectivity index (χ2n) is 3.71. The van der Waals surface area contributed by atoms with Crippen LogP contribution < -0.4 is 0 Å². The molecule has 0 aliphatic rings. The molecule has 0 aliphatic heterocycles. The molecule has 0 bridgehead atoms. The van der Waals surface area contributed by atoms with Gasteiger partial charge in [-0.05, 0) is 35.7 Å². The minimum absolute atomic E-state index is 0.273. The van der Waals surface area contributed by atoms with Gasteiger partial charge in [0.1, 0.15) is 5.82 Å². The van der Waals surface area contributed by atoms with Crippen molar-refractivity contribution in [3.8, 4) is 11.3 Å². The topological polar surface area (TPSA) is 12.9 Å². The van der Waals surface area contributed by atoms with Crippen LogP contribution in [-0.4, -0.2) is 4.98 Å². The SMILES string of the molecule is Fc1ccccc1-c1nccc2ccc#cc12. The van der Waals surface area contributed by atoms with Gasteiger partial charge in [-0.25, -0.2) is 4.39 Å². The molecule has 2 aromatic carbocycles. The number of fused-ring (bicyclic) bond motifs is 1. The monoisotopic (exact) mass is 221 g/mol. The van der Waals surface area contributed by atoms with Crippen molar-refractivity contribution in [2.24, 2.45) is 0 Å². The summed E-state index contributed by atoms with van der Waals surface area (Å²) < 4.78 is 13.7. The lowest BCUT2D eigenvalue weighted by atomic mass is 10.1. The molecule has 1 aromatic heterocycles. The van der Waals surface area contributed by atoms with Crippen LogP contribution in [0.1, 0.15) is 0 Å². The lowest BCUT2D eigenvalue weighted by Gasteiger charge is -2.04. The van der Waals surface area contributed by atoms with E-state index in [1.54, 1.807) is 30.5 Å². The fourth-order valence-electron chi connectivity index (χ4n) is 1.85. The Balaban J connectivity index is 2.35. The Hall–Kier alpha value is -2.40. The Bertz CT molecular complexity index is 671. The molecule has 0 saturated carbocycles. The summed E-state index contributed by atoms with van der Waals surface area (Å²) in [4.78, 5) is 4.25. The van der Waals surface area contributed by atoms with Gasteiger partial charge in [0.25, 0.3) is 0 Å². The average molecular weight is 221 g/mol. The summed E-state index contributed by atoms with van der Waals surface area (Å²) in [5.41, 5.74) is 1.10. The number of benzene rings is 1. The van der Waals surface area contributed by atoms with Gasteiger partial charge in [0.2, 0.25) is 0 Å². The normalized spacial score (nSPS) is 10.2. The molecule has 80 valence electrons. The largest absolute Gasteiger partial charge is 0.255 e. The number of hydrogen-bond donors (Lipinski definition) is 0. The third-order valence-electron chi connectivity index (χ3n) is 2.66. The molecule has 0 spiro atoms. The Kier molecular flexibility index (Phi) is 2.23. The number of hydrogen-bond acceptors (Lipinski definition) is 1. The van der Waals surface area contributed by atoms with Crippen molar-refractivity contribution in [2.75, 3.05) is 0 Å². The highest BCUT2D eigenvalue weighted by atomic mass is 19.1. The molecule has 0 amide bonds. The molecule has 1 nitrogen and oxygen atoms in total. The van der Waals surface area contributed by atoms with Crippen molar-refractivity contribution in [1.82, 2.24) is 4.98 Å². The minimum atomic E-state index is -0.273. The van der Waals surface area contributed by atoms with Gasteiger partial charge in [-0.15, -0.1) is 0 Å². The molecule has 0 radical (unpaired) electrons. The molecule has 0 N–H and O–H groups in total. The standard InChI is InChI=1S/C15H8FN/c16-14-8-4-3-7-13(14)15-12-6-2-1-5-11(12)9-10-17-15/h1,3-5,7-10H. The Morgan fingerprint density at radius 2 is 1.94 bits per heavy atom. The van der Waals surface area contributed by atoms with Crippen LogP contribution in [0.5, 0.6) is 0 Å². The van der Waals surface area contributed by atoms with E-state index in [2.05, 4.69) is 17.1 Å². The highest BCUT2D eigenvalue weighted by molar-refractivity contribution is 5.93. The van der Waals surface area contributed by atoms with E-state index in [1.165, 1.54) is 6.07 Å². The predicted octanol–water partition coefficient (Wildman–Crippen LogP) is 3.64. The highest BCUT2D eigenvalue weighted by Crippen LogP contribution is 2.26. The quantitative estimate of drug-likeness (QED) is 0.611. The molecular weight excluding hydrogens is 213 g/mol. The third-order valence-corrected chi connectivity index (χ3v) is 2.66. The first-order valence-corrected chi connectivity index (χ1v) is 5.28. The Labute approximate surface area is 98.6 Å². The molecule has 0 aliphatic carbocycles. The predicted molar refractivity (Wildman–Crippen MR) is 64.8 cm³/mol. The molecule has 3 aromatic rings. The van der Waals surface area contributed by atoms with Crippen LogP contribution in [0.4, 0.5) is 4.39 Å². The van der Waals surface area contributed by atoms with E-state index in [0.717, 1.165) is 10.8 Å². The molecule has 0 fully saturated rings. The van der Waals surface area contributed by atoms with Crippen LogP contribution in [0.3, 0.4) is 0 Å². The highest BCUT2D eigenvalue weighted by Gasteiger charge is 2.08. The molecule has 0 saturated heterocycles. The average Bonchev–Trinajstić information content (AvgIpc) is 2.39. The zero-order valence-corrected chi connectivity index (χ0v) is 8.94. The third kappa shape index (κ3) is 1.62. The second-order valence-corrected chi connectivity index (χ2v) is 3.71. The van der Waals surface area contributed by atoms with E-state index in [9.17, 15) is 4.39 Å². The maximum absolute atomic E-state index is 13.7. The molecule has 3 rings (SSSR count). The lowest BCUT2D eigenvalue weighted by molar-refractivity contribution is 0.631. The van der Waals surface area contributed by atoms with Crippen molar-refractivity contribution in [2.45, 2.75) is 0 Å². The summed E-state index contributed by atoms with van der Waals surface area (Å²) in [6, 6.07) is 18.1. The minimum Gasteiger partial charge on any atom is -0.255 e. The van der Waals surface area contributed by atoms with Crippen molar-refractivity contribution in [1.29, 1.82) is 0 Å². The van der Waals surface area contributed by atoms with Crippen molar-refractivity contribution in [3.63, 3.8) is 0 Å². The summed E-state index contributed by atoms with van der Waals surface area (Å²) in [5, 5.41) is 1.78. The molecule has 0 unspecified atom stereocenters. The number of rotatable bonds is 1. The van der Waals surface area contributed by atoms with Gasteiger partial charge in [-0.2, -0.15) is 0 Å². The van der Waals surface area contributed by atoms with E-state index >= 15 is 0 Å². The van der Waals surface area contributed by atoms with E-state index in [1.807, 2.05) is 12.1 Å². The summed E-state index contributed by atoms with van der Waals surface area (Å²) in [6.07, 6.45) is 1.68. The number of pyridine rings is 1. The van der Waals surface area contributed by atoms with Crippen LogP contribution in [0.2, 0.25) is 0 Å². The number of halogens is 1. The molecule has 17 heavy (non-hydrogen) atoms. The summed E-state index contributed by atoms with van der Waals surface area (Å²) >= 11 is 0. The van der Waals surface area contributed by atoms with Crippen LogP contribution >= 0.6 is 0 Å². The van der Waals surface area contributed by atoms with E-state index in [4.69, 9.17) is 0 Å². The summed E-state index contributed by atoms with van der Waals surface area (Å²) in [7, 11) is 0. The fraction of sp³-hybridized carbons (Fsp3) is 0. The first-order chi connectivity index (χ1) is 8.36. The maximum Gasteiger partial charge on any atom is 0.132 e. The van der Waals surface area contributed by atoms with Gasteiger partial charge >= 0.3 is 0 Å². The Morgan fingerprint density at radius 1 is 1.06 bits per heavy atom. The van der Waals surface area contributed by atoms with Gasteiger partial charge < -0.3 is 0 Å². The van der Waals surface area contributed by atoms with Crippen LogP contribution in [0.15, 0.2) is 48.7 Å². The molecule has 1 heterocycles. The number of aromatic nitrogens is 1. The van der Waals surface area contributed by atoms with Crippen molar-refractivity contribution >= 4 is 10.8 Å². The zero-order chi connectivity index (χ0) is 11.7. The van der Waals surface area contributed by atoms with Crippen LogP contribution in [0, 0.1) is 17.9 Å². The summed E-state index contributed by atoms with van der Waals surface area (Å²) in [5.74, 6) is -0.273. The molecular formula is C15H8FN. The first-order valence-electron chi connectivity index (χ1n) is 5.28. The number of nitrogens with zero attached hydrogens (tertiary/aromatic N) is 1. The van der Waals surface area contributed by atoms with Gasteiger partial charge in [0, 0.05) is 11.8 Å². The second kappa shape index (κ2) is 3.88. The summed E-state index contributed by atoms with van der Waals surface area (Å²) in [6.45, 7) is 0. The fourth-order valence-corrected chi connectivity index (χ4v) is 1.85. The zero-order valence-electron chi connectivity index (χ0n) is 8.94. The van der Waals surface area contributed by atoms with Crippen LogP contribution in [0.25, 0.3) is 22.0 Å². The van der Waals surface area contributed by atoms with Gasteiger partial charge in [-0.1, -0.05) is 24.3 Å². The van der Waals surface area contributed by atoms with Crippen molar-refractivity contribution in [3.05, 3.63) is 66.6 Å². The van der Waals surface area contributed by atoms with Gasteiger partial charge in [0.05, 0.1) is 11.1 Å². The molecule has 2 heteroatoms. The Morgan fingerprint density at radius 3 is 2.82 bits per heavy atom.